The predicted molar refractivity (Wildman–Crippen MR) is 69.6 cm³/mol. The SMILES string of the molecule is Cc1nocc1C(C)Cc1cnc(C(C)C)s1. The molecule has 0 amide bonds. The van der Waals surface area contributed by atoms with Crippen LogP contribution < -0.4 is 0 Å². The predicted octanol–water partition coefficient (Wildman–Crippen LogP) is 3.91. The van der Waals surface area contributed by atoms with Gasteiger partial charge in [-0.25, -0.2) is 4.98 Å². The molecule has 4 heteroatoms. The molecule has 0 aliphatic heterocycles. The standard InChI is InChI=1S/C13H18N2OS/c1-8(2)13-14-6-11(17-13)5-9(3)12-7-16-15-10(12)4/h6-9H,5H2,1-4H3. The molecular formula is C13H18N2OS. The molecule has 1 atom stereocenters. The highest BCUT2D eigenvalue weighted by Crippen LogP contribution is 2.27. The summed E-state index contributed by atoms with van der Waals surface area (Å²) in [5.74, 6) is 0.947. The van der Waals surface area contributed by atoms with Gasteiger partial charge in [-0.05, 0) is 19.3 Å². The van der Waals surface area contributed by atoms with Crippen molar-refractivity contribution >= 4 is 11.3 Å². The van der Waals surface area contributed by atoms with Crippen molar-refractivity contribution in [3.63, 3.8) is 0 Å². The van der Waals surface area contributed by atoms with E-state index in [0.717, 1.165) is 12.1 Å². The first-order valence-corrected chi connectivity index (χ1v) is 6.75. The van der Waals surface area contributed by atoms with Gasteiger partial charge in [0.15, 0.2) is 0 Å². The molecule has 3 nitrogen and oxygen atoms in total. The van der Waals surface area contributed by atoms with E-state index in [1.54, 1.807) is 6.26 Å². The topological polar surface area (TPSA) is 38.9 Å². The largest absolute Gasteiger partial charge is 0.364 e. The Morgan fingerprint density at radius 1 is 1.35 bits per heavy atom. The van der Waals surface area contributed by atoms with E-state index in [-0.39, 0.29) is 0 Å². The molecule has 0 aromatic carbocycles. The average molecular weight is 250 g/mol. The highest BCUT2D eigenvalue weighted by atomic mass is 32.1. The van der Waals surface area contributed by atoms with E-state index in [1.165, 1.54) is 15.4 Å². The summed E-state index contributed by atoms with van der Waals surface area (Å²) in [7, 11) is 0. The van der Waals surface area contributed by atoms with Crippen LogP contribution in [0.2, 0.25) is 0 Å². The Balaban J connectivity index is 2.08. The summed E-state index contributed by atoms with van der Waals surface area (Å²) < 4.78 is 4.99. The van der Waals surface area contributed by atoms with Gasteiger partial charge >= 0.3 is 0 Å². The maximum absolute atomic E-state index is 4.99. The van der Waals surface area contributed by atoms with Crippen LogP contribution in [0.3, 0.4) is 0 Å². The molecule has 2 heterocycles. The molecule has 0 saturated carbocycles. The van der Waals surface area contributed by atoms with Gasteiger partial charge in [0.2, 0.25) is 0 Å². The lowest BCUT2D eigenvalue weighted by atomic mass is 9.98. The molecule has 0 saturated heterocycles. The van der Waals surface area contributed by atoms with Crippen molar-refractivity contribution in [2.75, 3.05) is 0 Å². The van der Waals surface area contributed by atoms with Crippen molar-refractivity contribution in [3.8, 4) is 0 Å². The number of aryl methyl sites for hydroxylation is 1. The molecule has 2 aromatic rings. The van der Waals surface area contributed by atoms with Crippen LogP contribution in [0.15, 0.2) is 17.0 Å². The Morgan fingerprint density at radius 3 is 2.65 bits per heavy atom. The maximum atomic E-state index is 4.99. The van der Waals surface area contributed by atoms with Gasteiger partial charge < -0.3 is 4.52 Å². The van der Waals surface area contributed by atoms with Crippen LogP contribution in [-0.2, 0) is 6.42 Å². The van der Waals surface area contributed by atoms with E-state index < -0.39 is 0 Å². The zero-order valence-electron chi connectivity index (χ0n) is 10.7. The second-order valence-corrected chi connectivity index (χ2v) is 5.93. The number of nitrogens with zero attached hydrogens (tertiary/aromatic N) is 2. The molecule has 2 rings (SSSR count). The van der Waals surface area contributed by atoms with Crippen LogP contribution in [0.4, 0.5) is 0 Å². The van der Waals surface area contributed by atoms with E-state index in [1.807, 2.05) is 24.5 Å². The quantitative estimate of drug-likeness (QED) is 0.825. The number of hydrogen-bond acceptors (Lipinski definition) is 4. The zero-order valence-corrected chi connectivity index (χ0v) is 11.5. The van der Waals surface area contributed by atoms with Crippen LogP contribution in [0, 0.1) is 6.92 Å². The molecule has 0 aliphatic carbocycles. The molecule has 2 aromatic heterocycles. The van der Waals surface area contributed by atoms with Crippen LogP contribution >= 0.6 is 11.3 Å². The van der Waals surface area contributed by atoms with Gasteiger partial charge in [-0.15, -0.1) is 11.3 Å². The zero-order chi connectivity index (χ0) is 12.4. The Bertz CT molecular complexity index is 487. The van der Waals surface area contributed by atoms with Gasteiger partial charge in [-0.3, -0.25) is 0 Å². The fourth-order valence-electron chi connectivity index (χ4n) is 1.87. The van der Waals surface area contributed by atoms with Gasteiger partial charge in [0, 0.05) is 22.6 Å². The fourth-order valence-corrected chi connectivity index (χ4v) is 2.92. The van der Waals surface area contributed by atoms with Gasteiger partial charge in [0.05, 0.1) is 10.7 Å². The molecule has 1 unspecified atom stereocenters. The van der Waals surface area contributed by atoms with Gasteiger partial charge in [-0.1, -0.05) is 25.9 Å². The fraction of sp³-hybridized carbons (Fsp3) is 0.538. The lowest BCUT2D eigenvalue weighted by molar-refractivity contribution is 0.414. The first kappa shape index (κ1) is 12.3. The highest BCUT2D eigenvalue weighted by Gasteiger charge is 2.14. The molecular weight excluding hydrogens is 232 g/mol. The molecule has 0 N–H and O–H groups in total. The third kappa shape index (κ3) is 2.75. The summed E-state index contributed by atoms with van der Waals surface area (Å²) in [6.45, 7) is 8.54. The summed E-state index contributed by atoms with van der Waals surface area (Å²) in [4.78, 5) is 5.79. The van der Waals surface area contributed by atoms with Crippen molar-refractivity contribution < 1.29 is 4.52 Å². The van der Waals surface area contributed by atoms with Crippen LogP contribution in [0.5, 0.6) is 0 Å². The minimum atomic E-state index is 0.432. The Labute approximate surface area is 106 Å². The molecule has 0 radical (unpaired) electrons. The first-order chi connectivity index (χ1) is 8.08. The van der Waals surface area contributed by atoms with Gasteiger partial charge in [0.1, 0.15) is 6.26 Å². The molecule has 17 heavy (non-hydrogen) atoms. The van der Waals surface area contributed by atoms with E-state index in [4.69, 9.17) is 4.52 Å². The Morgan fingerprint density at radius 2 is 2.12 bits per heavy atom. The van der Waals surface area contributed by atoms with Crippen molar-refractivity contribution in [2.45, 2.75) is 46.0 Å². The van der Waals surface area contributed by atoms with Crippen molar-refractivity contribution in [2.24, 2.45) is 0 Å². The van der Waals surface area contributed by atoms with E-state index >= 15 is 0 Å². The molecule has 0 aliphatic rings. The Kier molecular flexibility index (Phi) is 3.62. The minimum Gasteiger partial charge on any atom is -0.364 e. The van der Waals surface area contributed by atoms with Crippen LogP contribution in [0.25, 0.3) is 0 Å². The van der Waals surface area contributed by atoms with Crippen LogP contribution in [0.1, 0.15) is 53.7 Å². The van der Waals surface area contributed by atoms with Crippen molar-refractivity contribution in [1.82, 2.24) is 10.1 Å². The highest BCUT2D eigenvalue weighted by molar-refractivity contribution is 7.11. The second kappa shape index (κ2) is 5.00. The van der Waals surface area contributed by atoms with Gasteiger partial charge in [-0.2, -0.15) is 0 Å². The van der Waals surface area contributed by atoms with Crippen molar-refractivity contribution in [3.05, 3.63) is 33.6 Å². The number of thiazole rings is 1. The molecule has 0 bridgehead atoms. The van der Waals surface area contributed by atoms with Gasteiger partial charge in [0.25, 0.3) is 0 Å². The maximum Gasteiger partial charge on any atom is 0.127 e. The lowest BCUT2D eigenvalue weighted by Crippen LogP contribution is -1.97. The van der Waals surface area contributed by atoms with E-state index in [9.17, 15) is 0 Å². The van der Waals surface area contributed by atoms with E-state index in [0.29, 0.717) is 11.8 Å². The molecule has 92 valence electrons. The van der Waals surface area contributed by atoms with Crippen molar-refractivity contribution in [1.29, 1.82) is 0 Å². The second-order valence-electron chi connectivity index (χ2n) is 4.78. The number of hydrogen-bond donors (Lipinski definition) is 0. The monoisotopic (exact) mass is 250 g/mol. The first-order valence-electron chi connectivity index (χ1n) is 5.93. The minimum absolute atomic E-state index is 0.432. The summed E-state index contributed by atoms with van der Waals surface area (Å²) in [5, 5.41) is 5.14. The Hall–Kier alpha value is -1.16. The number of aromatic nitrogens is 2. The summed E-state index contributed by atoms with van der Waals surface area (Å²) >= 11 is 1.81. The number of rotatable bonds is 4. The summed E-state index contributed by atoms with van der Waals surface area (Å²) in [6, 6.07) is 0. The summed E-state index contributed by atoms with van der Waals surface area (Å²) in [5.41, 5.74) is 2.19. The summed E-state index contributed by atoms with van der Waals surface area (Å²) in [6.07, 6.45) is 4.76. The molecule has 0 fully saturated rings. The van der Waals surface area contributed by atoms with Crippen LogP contribution in [-0.4, -0.2) is 10.1 Å². The van der Waals surface area contributed by atoms with E-state index in [2.05, 4.69) is 30.9 Å². The third-order valence-electron chi connectivity index (χ3n) is 2.89. The lowest BCUT2D eigenvalue weighted by Gasteiger charge is -2.07. The normalized spacial score (nSPS) is 13.2. The molecule has 0 spiro atoms. The third-order valence-corrected chi connectivity index (χ3v) is 4.21. The smallest absolute Gasteiger partial charge is 0.127 e. The average Bonchev–Trinajstić information content (AvgIpc) is 2.86.